The summed E-state index contributed by atoms with van der Waals surface area (Å²) in [4.78, 5) is 52.5. The van der Waals surface area contributed by atoms with Gasteiger partial charge in [0.05, 0.1) is 50.3 Å². The lowest BCUT2D eigenvalue weighted by Gasteiger charge is -2.34. The summed E-state index contributed by atoms with van der Waals surface area (Å²) in [5, 5.41) is 4.40. The fraction of sp³-hybridized carbons (Fsp3) is 0.532. The fourth-order valence-corrected chi connectivity index (χ4v) is 10.6. The molecule has 2 N–H and O–H groups in total. The van der Waals surface area contributed by atoms with Crippen molar-refractivity contribution >= 4 is 41.6 Å². The number of nitrogens with one attached hydrogen (secondary N) is 2. The van der Waals surface area contributed by atoms with E-state index in [1.807, 2.05) is 0 Å². The highest BCUT2D eigenvalue weighted by Crippen LogP contribution is 2.49. The summed E-state index contributed by atoms with van der Waals surface area (Å²) in [6.07, 6.45) is -11.1. The maximum Gasteiger partial charge on any atom is 0.471 e. The lowest BCUT2D eigenvalue weighted by molar-refractivity contribution is -0.177. The van der Waals surface area contributed by atoms with Crippen LogP contribution in [0.3, 0.4) is 0 Å². The number of carbonyl (C=O) groups is 4. The second-order valence-electron chi connectivity index (χ2n) is 17.4. The van der Waals surface area contributed by atoms with Crippen molar-refractivity contribution in [1.29, 1.82) is 0 Å². The van der Waals surface area contributed by atoms with E-state index in [0.717, 1.165) is 4.31 Å². The van der Waals surface area contributed by atoms with Crippen LogP contribution in [-0.2, 0) is 63.6 Å². The Morgan fingerprint density at radius 3 is 2.13 bits per heavy atom. The Balaban J connectivity index is 1.51. The van der Waals surface area contributed by atoms with Gasteiger partial charge in [0.1, 0.15) is 35.5 Å². The van der Waals surface area contributed by atoms with Crippen molar-refractivity contribution in [2.45, 2.75) is 102 Å². The van der Waals surface area contributed by atoms with Crippen LogP contribution in [0, 0.1) is 17.8 Å². The number of halogens is 3. The minimum atomic E-state index is -5.37. The van der Waals surface area contributed by atoms with E-state index in [-0.39, 0.29) is 54.4 Å². The predicted molar refractivity (Wildman–Crippen MR) is 248 cm³/mol. The lowest BCUT2D eigenvalue weighted by atomic mass is 9.99. The van der Waals surface area contributed by atoms with Crippen LogP contribution in [0.2, 0.25) is 0 Å². The molecule has 0 radical (unpaired) electrons. The number of ether oxygens (including phenoxy) is 7. The third-order valence-electron chi connectivity index (χ3n) is 11.1. The quantitative estimate of drug-likeness (QED) is 0.0515. The van der Waals surface area contributed by atoms with Gasteiger partial charge in [-0.05, 0) is 92.6 Å². The van der Waals surface area contributed by atoms with Gasteiger partial charge in [0.2, 0.25) is 16.4 Å². The topological polar surface area (TPSA) is 230 Å². The molecule has 3 aromatic carbocycles. The minimum Gasteiger partial charge on any atom is -0.497 e. The molecule has 24 heteroatoms. The Kier molecular flexibility index (Phi) is 20.1. The lowest BCUT2D eigenvalue weighted by Crippen LogP contribution is -2.56. The molecular formula is C47H61F3N3O16PS. The smallest absolute Gasteiger partial charge is 0.471 e. The standard InChI is InChI=1S/C47H61F3N3O16PS/c1-8-62-42(54)31(6)68-70(58,69-35-12-10-9-11-13-35)28-65-34-16-14-32(15-17-34)24-38(51-46(57)67-40-27-64-44-37(40)22-23-63-44)39(66-43(55)41(30(4)5)52-45(56)47(48,49)50)26-53(25-29(2)3)71(59,60)36-20-18-33(61-7)19-21-36/h9-21,29-31,37-41,44H,8,22-28H2,1-7H3,(H,51,57)(H,52,56)/t31-,37-,38-,39+,40-,41-,44+,70?/m0/s1. The molecule has 5 rings (SSSR count). The van der Waals surface area contributed by atoms with Gasteiger partial charge in [0.25, 0.3) is 0 Å². The molecule has 392 valence electrons. The van der Waals surface area contributed by atoms with Crippen molar-refractivity contribution in [2.75, 3.05) is 46.4 Å². The highest BCUT2D eigenvalue weighted by molar-refractivity contribution is 7.89. The summed E-state index contributed by atoms with van der Waals surface area (Å²) in [7, 11) is -7.27. The molecule has 2 amide bonds. The van der Waals surface area contributed by atoms with E-state index in [2.05, 4.69) is 5.32 Å². The molecular weight excluding hydrogens is 983 g/mol. The Hall–Kier alpha value is -5.45. The van der Waals surface area contributed by atoms with Crippen LogP contribution in [0.25, 0.3) is 0 Å². The highest BCUT2D eigenvalue weighted by Gasteiger charge is 2.46. The molecule has 19 nitrogen and oxygen atoms in total. The zero-order chi connectivity index (χ0) is 52.1. The van der Waals surface area contributed by atoms with E-state index < -0.39 is 103 Å². The number of amides is 2. The molecule has 0 bridgehead atoms. The first-order valence-electron chi connectivity index (χ1n) is 22.8. The minimum absolute atomic E-state index is 0.000632. The molecule has 0 aromatic heterocycles. The average Bonchev–Trinajstić information content (AvgIpc) is 3.94. The van der Waals surface area contributed by atoms with E-state index in [1.165, 1.54) is 88.5 Å². The van der Waals surface area contributed by atoms with E-state index in [0.29, 0.717) is 24.3 Å². The van der Waals surface area contributed by atoms with Gasteiger partial charge in [-0.1, -0.05) is 58.0 Å². The number of hydrogen-bond acceptors (Lipinski definition) is 16. The number of sulfonamides is 1. The van der Waals surface area contributed by atoms with E-state index >= 15 is 0 Å². The molecule has 2 aliphatic heterocycles. The summed E-state index contributed by atoms with van der Waals surface area (Å²) in [5.74, 6) is -5.49. The number of methoxy groups -OCH3 is 1. The molecule has 2 saturated heterocycles. The van der Waals surface area contributed by atoms with Gasteiger partial charge in [0, 0.05) is 6.54 Å². The van der Waals surface area contributed by atoms with Gasteiger partial charge >= 0.3 is 37.7 Å². The number of para-hydroxylation sites is 1. The van der Waals surface area contributed by atoms with Crippen LogP contribution in [-0.4, -0.2) is 126 Å². The molecule has 2 fully saturated rings. The van der Waals surface area contributed by atoms with Crippen LogP contribution < -0.4 is 24.6 Å². The van der Waals surface area contributed by atoms with Gasteiger partial charge in [-0.2, -0.15) is 17.5 Å². The third kappa shape index (κ3) is 16.3. The first-order chi connectivity index (χ1) is 33.5. The first-order valence-corrected chi connectivity index (χ1v) is 26.0. The summed E-state index contributed by atoms with van der Waals surface area (Å²) < 4.78 is 135. The third-order valence-corrected chi connectivity index (χ3v) is 14.5. The fourth-order valence-electron chi connectivity index (χ4n) is 7.50. The Morgan fingerprint density at radius 1 is 0.859 bits per heavy atom. The summed E-state index contributed by atoms with van der Waals surface area (Å²) in [6, 6.07) is 16.3. The van der Waals surface area contributed by atoms with Crippen molar-refractivity contribution in [3.8, 4) is 17.2 Å². The summed E-state index contributed by atoms with van der Waals surface area (Å²) in [5.41, 5.74) is 0.410. The molecule has 71 heavy (non-hydrogen) atoms. The molecule has 0 aliphatic carbocycles. The number of esters is 2. The van der Waals surface area contributed by atoms with E-state index in [4.69, 9.17) is 42.2 Å². The first kappa shape index (κ1) is 56.5. The largest absolute Gasteiger partial charge is 0.497 e. The number of carbonyl (C=O) groups excluding carboxylic acids is 4. The zero-order valence-corrected chi connectivity index (χ0v) is 42.0. The maximum atomic E-state index is 14.5. The summed E-state index contributed by atoms with van der Waals surface area (Å²) >= 11 is 0. The SMILES string of the molecule is CCOC(=O)[C@H](C)OP(=O)(COc1ccc(C[C@H](NC(=O)O[C@H]2CO[C@H]3OCC[C@H]32)[C@@H](CN(CC(C)C)S(=O)(=O)c2ccc(OC)cc2)OC(=O)[C@@H](NC(=O)C(F)(F)F)C(C)C)cc1)Oc1ccccc1. The second kappa shape index (κ2) is 25.3. The molecule has 2 heterocycles. The second-order valence-corrected chi connectivity index (χ2v) is 21.2. The van der Waals surface area contributed by atoms with Crippen molar-refractivity contribution in [3.63, 3.8) is 0 Å². The Labute approximate surface area is 410 Å². The van der Waals surface area contributed by atoms with Crippen LogP contribution in [0.1, 0.15) is 53.5 Å². The normalized spacial score (nSPS) is 19.4. The molecule has 2 aliphatic rings. The average molecular weight is 1040 g/mol. The number of alkyl halides is 3. The number of rotatable bonds is 25. The number of fused-ring (bicyclic) bond motifs is 1. The van der Waals surface area contributed by atoms with Gasteiger partial charge < -0.3 is 48.3 Å². The zero-order valence-electron chi connectivity index (χ0n) is 40.3. The Bertz CT molecular complexity index is 2400. The number of hydrogen-bond donors (Lipinski definition) is 2. The van der Waals surface area contributed by atoms with Crippen LogP contribution >= 0.6 is 7.60 Å². The number of nitrogens with zero attached hydrogens (tertiary/aromatic N) is 1. The monoisotopic (exact) mass is 1040 g/mol. The Morgan fingerprint density at radius 2 is 1.52 bits per heavy atom. The van der Waals surface area contributed by atoms with Gasteiger partial charge in [0.15, 0.2) is 12.4 Å². The summed E-state index contributed by atoms with van der Waals surface area (Å²) in [6.45, 7) is 8.75. The highest BCUT2D eigenvalue weighted by atomic mass is 32.2. The van der Waals surface area contributed by atoms with Gasteiger partial charge in [-0.3, -0.25) is 9.32 Å². The molecule has 0 saturated carbocycles. The van der Waals surface area contributed by atoms with Crippen LogP contribution in [0.5, 0.6) is 17.2 Å². The van der Waals surface area contributed by atoms with Crippen molar-refractivity contribution in [1.82, 2.24) is 14.9 Å². The van der Waals surface area contributed by atoms with Gasteiger partial charge in [-0.25, -0.2) is 27.4 Å². The van der Waals surface area contributed by atoms with E-state index in [9.17, 15) is 45.3 Å². The van der Waals surface area contributed by atoms with Crippen LogP contribution in [0.15, 0.2) is 83.8 Å². The number of alkyl carbamates (subject to hydrolysis) is 1. The van der Waals surface area contributed by atoms with E-state index in [1.54, 1.807) is 44.3 Å². The predicted octanol–water partition coefficient (Wildman–Crippen LogP) is 6.63. The molecule has 0 spiro atoms. The van der Waals surface area contributed by atoms with Crippen LogP contribution in [0.4, 0.5) is 18.0 Å². The van der Waals surface area contributed by atoms with Crippen molar-refractivity contribution in [2.24, 2.45) is 17.8 Å². The maximum absolute atomic E-state index is 14.5. The molecule has 3 aromatic rings. The van der Waals surface area contributed by atoms with Crippen molar-refractivity contribution in [3.05, 3.63) is 84.4 Å². The van der Waals surface area contributed by atoms with Gasteiger partial charge in [-0.15, -0.1) is 0 Å². The molecule has 1 unspecified atom stereocenters. The molecule has 8 atom stereocenters. The van der Waals surface area contributed by atoms with Crippen molar-refractivity contribution < 1.29 is 87.5 Å². The number of benzene rings is 3.